The summed E-state index contributed by atoms with van der Waals surface area (Å²) in [6.45, 7) is 1.41. The number of carbonyl (C=O) groups excluding carboxylic acids is 1. The van der Waals surface area contributed by atoms with Crippen LogP contribution in [0.2, 0.25) is 0 Å². The van der Waals surface area contributed by atoms with Crippen molar-refractivity contribution in [2.24, 2.45) is 0 Å². The Bertz CT molecular complexity index is 891. The van der Waals surface area contributed by atoms with E-state index in [1.807, 2.05) is 30.3 Å². The molecule has 29 heavy (non-hydrogen) atoms. The Kier molecular flexibility index (Phi) is 6.49. The zero-order valence-corrected chi connectivity index (χ0v) is 17.1. The molecule has 0 saturated heterocycles. The summed E-state index contributed by atoms with van der Waals surface area (Å²) in [5.74, 6) is 2.93. The molecule has 0 unspecified atom stereocenters. The highest BCUT2D eigenvalue weighted by Crippen LogP contribution is 2.40. The van der Waals surface area contributed by atoms with Crippen LogP contribution < -0.4 is 23.7 Å². The number of fused-ring (bicyclic) bond motifs is 1. The van der Waals surface area contributed by atoms with Crippen LogP contribution >= 0.6 is 0 Å². The molecule has 7 nitrogen and oxygen atoms in total. The van der Waals surface area contributed by atoms with Crippen LogP contribution in [-0.4, -0.2) is 52.4 Å². The molecule has 7 heteroatoms. The number of likely N-dealkylation sites (N-methyl/N-ethyl adjacent to an activating group) is 1. The minimum absolute atomic E-state index is 0.131. The molecule has 154 valence electrons. The van der Waals surface area contributed by atoms with E-state index in [-0.39, 0.29) is 5.91 Å². The Morgan fingerprint density at radius 1 is 1.00 bits per heavy atom. The molecule has 1 aliphatic rings. The highest BCUT2D eigenvalue weighted by Gasteiger charge is 2.18. The molecule has 0 aromatic heterocycles. The van der Waals surface area contributed by atoms with Gasteiger partial charge in [0.2, 0.25) is 11.7 Å². The van der Waals surface area contributed by atoms with Crippen LogP contribution in [0.4, 0.5) is 0 Å². The number of amides is 1. The number of nitrogens with zero attached hydrogens (tertiary/aromatic N) is 1. The minimum atomic E-state index is -0.131. The van der Waals surface area contributed by atoms with Gasteiger partial charge in [-0.15, -0.1) is 0 Å². The number of carbonyl (C=O) groups is 1. The van der Waals surface area contributed by atoms with Gasteiger partial charge in [0.1, 0.15) is 13.2 Å². The Hall–Kier alpha value is -3.35. The van der Waals surface area contributed by atoms with Gasteiger partial charge in [0, 0.05) is 19.7 Å². The maximum absolute atomic E-state index is 12.5. The Balaban J connectivity index is 1.70. The van der Waals surface area contributed by atoms with Gasteiger partial charge in [-0.05, 0) is 41.5 Å². The average molecular weight is 399 g/mol. The molecule has 0 aliphatic carbocycles. The normalized spacial score (nSPS) is 12.6. The average Bonchev–Trinajstić information content (AvgIpc) is 2.76. The molecule has 1 amide bonds. The zero-order chi connectivity index (χ0) is 20.8. The molecule has 0 radical (unpaired) electrons. The monoisotopic (exact) mass is 399 g/mol. The van der Waals surface area contributed by atoms with E-state index >= 15 is 0 Å². The van der Waals surface area contributed by atoms with E-state index in [2.05, 4.69) is 0 Å². The lowest BCUT2D eigenvalue weighted by Gasteiger charge is -2.21. The van der Waals surface area contributed by atoms with Crippen molar-refractivity contribution >= 4 is 12.0 Å². The van der Waals surface area contributed by atoms with Crippen LogP contribution in [0.3, 0.4) is 0 Å². The van der Waals surface area contributed by atoms with Gasteiger partial charge in [-0.1, -0.05) is 6.07 Å². The largest absolute Gasteiger partial charge is 0.493 e. The molecular formula is C22H25NO6. The molecule has 0 bridgehead atoms. The molecule has 0 fully saturated rings. The van der Waals surface area contributed by atoms with Gasteiger partial charge >= 0.3 is 0 Å². The molecule has 0 N–H and O–H groups in total. The highest BCUT2D eigenvalue weighted by atomic mass is 16.6. The van der Waals surface area contributed by atoms with Crippen molar-refractivity contribution in [1.82, 2.24) is 4.90 Å². The zero-order valence-electron chi connectivity index (χ0n) is 17.1. The first kappa shape index (κ1) is 20.4. The van der Waals surface area contributed by atoms with Gasteiger partial charge in [0.05, 0.1) is 21.3 Å². The van der Waals surface area contributed by atoms with Crippen LogP contribution in [-0.2, 0) is 11.3 Å². The Morgan fingerprint density at radius 2 is 1.72 bits per heavy atom. The number of benzene rings is 2. The summed E-state index contributed by atoms with van der Waals surface area (Å²) in [5.41, 5.74) is 1.73. The fourth-order valence-electron chi connectivity index (χ4n) is 3.02. The standard InChI is InChI=1S/C22H25NO6/c1-23(14-16-5-7-17(25-2)18(13-16)26-3)21(24)8-6-15-11-19(27-4)22-20(12-15)28-9-10-29-22/h5-8,11-13H,9-10,14H2,1-4H3/b8-6+. The summed E-state index contributed by atoms with van der Waals surface area (Å²) < 4.78 is 27.2. The third kappa shape index (κ3) is 4.74. The van der Waals surface area contributed by atoms with Gasteiger partial charge in [-0.2, -0.15) is 0 Å². The second-order valence-corrected chi connectivity index (χ2v) is 6.46. The molecule has 1 heterocycles. The third-order valence-corrected chi connectivity index (χ3v) is 4.51. The summed E-state index contributed by atoms with van der Waals surface area (Å²) in [7, 11) is 6.49. The van der Waals surface area contributed by atoms with Crippen molar-refractivity contribution in [3.63, 3.8) is 0 Å². The Labute approximate surface area is 170 Å². The predicted molar refractivity (Wildman–Crippen MR) is 109 cm³/mol. The second kappa shape index (κ2) is 9.23. The first-order valence-corrected chi connectivity index (χ1v) is 9.17. The lowest BCUT2D eigenvalue weighted by molar-refractivity contribution is -0.125. The van der Waals surface area contributed by atoms with Crippen LogP contribution in [0.5, 0.6) is 28.7 Å². The van der Waals surface area contributed by atoms with Crippen molar-refractivity contribution in [3.8, 4) is 28.7 Å². The summed E-state index contributed by atoms with van der Waals surface area (Å²) in [4.78, 5) is 14.2. The van der Waals surface area contributed by atoms with E-state index in [1.165, 1.54) is 6.08 Å². The minimum Gasteiger partial charge on any atom is -0.493 e. The fourth-order valence-corrected chi connectivity index (χ4v) is 3.02. The number of rotatable bonds is 7. The first-order valence-electron chi connectivity index (χ1n) is 9.17. The molecule has 0 atom stereocenters. The van der Waals surface area contributed by atoms with Crippen molar-refractivity contribution < 1.29 is 28.5 Å². The maximum Gasteiger partial charge on any atom is 0.246 e. The van der Waals surface area contributed by atoms with E-state index < -0.39 is 0 Å². The fraction of sp³-hybridized carbons (Fsp3) is 0.318. The smallest absolute Gasteiger partial charge is 0.246 e. The number of hydrogen-bond donors (Lipinski definition) is 0. The summed E-state index contributed by atoms with van der Waals surface area (Å²) >= 11 is 0. The maximum atomic E-state index is 12.5. The Morgan fingerprint density at radius 3 is 2.45 bits per heavy atom. The summed E-state index contributed by atoms with van der Waals surface area (Å²) in [6, 6.07) is 9.23. The molecule has 0 saturated carbocycles. The second-order valence-electron chi connectivity index (χ2n) is 6.46. The molecule has 2 aromatic carbocycles. The number of ether oxygens (including phenoxy) is 5. The molecule has 1 aliphatic heterocycles. The van der Waals surface area contributed by atoms with E-state index in [0.29, 0.717) is 48.5 Å². The molecule has 0 spiro atoms. The van der Waals surface area contributed by atoms with Crippen molar-refractivity contribution in [2.75, 3.05) is 41.6 Å². The topological polar surface area (TPSA) is 66.5 Å². The van der Waals surface area contributed by atoms with Crippen LogP contribution in [0, 0.1) is 0 Å². The van der Waals surface area contributed by atoms with Crippen molar-refractivity contribution in [2.45, 2.75) is 6.54 Å². The number of hydrogen-bond acceptors (Lipinski definition) is 6. The van der Waals surface area contributed by atoms with Gasteiger partial charge in [0.25, 0.3) is 0 Å². The van der Waals surface area contributed by atoms with Gasteiger partial charge in [0.15, 0.2) is 23.0 Å². The molecule has 2 aromatic rings. The molecule has 3 rings (SSSR count). The first-order chi connectivity index (χ1) is 14.0. The van der Waals surface area contributed by atoms with Gasteiger partial charge in [-0.3, -0.25) is 4.79 Å². The van der Waals surface area contributed by atoms with Crippen molar-refractivity contribution in [1.29, 1.82) is 0 Å². The van der Waals surface area contributed by atoms with E-state index in [1.54, 1.807) is 39.4 Å². The number of methoxy groups -OCH3 is 3. The predicted octanol–water partition coefficient (Wildman–Crippen LogP) is 3.16. The van der Waals surface area contributed by atoms with E-state index in [0.717, 1.165) is 11.1 Å². The SMILES string of the molecule is COc1ccc(CN(C)C(=O)/C=C/c2cc(OC)c3c(c2)OCCO3)cc1OC. The van der Waals surface area contributed by atoms with Crippen LogP contribution in [0.25, 0.3) is 6.08 Å². The lowest BCUT2D eigenvalue weighted by atomic mass is 10.1. The van der Waals surface area contributed by atoms with Gasteiger partial charge < -0.3 is 28.6 Å². The van der Waals surface area contributed by atoms with E-state index in [9.17, 15) is 4.79 Å². The highest BCUT2D eigenvalue weighted by molar-refractivity contribution is 5.91. The summed E-state index contributed by atoms with van der Waals surface area (Å²) in [6.07, 6.45) is 3.25. The van der Waals surface area contributed by atoms with E-state index in [4.69, 9.17) is 23.7 Å². The third-order valence-electron chi connectivity index (χ3n) is 4.51. The summed E-state index contributed by atoms with van der Waals surface area (Å²) in [5, 5.41) is 0. The van der Waals surface area contributed by atoms with Crippen LogP contribution in [0.1, 0.15) is 11.1 Å². The van der Waals surface area contributed by atoms with Crippen molar-refractivity contribution in [3.05, 3.63) is 47.5 Å². The quantitative estimate of drug-likeness (QED) is 0.667. The van der Waals surface area contributed by atoms with Gasteiger partial charge in [-0.25, -0.2) is 0 Å². The van der Waals surface area contributed by atoms with Crippen LogP contribution in [0.15, 0.2) is 36.4 Å². The molecular weight excluding hydrogens is 374 g/mol. The lowest BCUT2D eigenvalue weighted by Crippen LogP contribution is -2.24.